The molecule has 0 saturated carbocycles. The fraction of sp³-hybridized carbons (Fsp3) is 0.529. The first-order valence-corrected chi connectivity index (χ1v) is 15.6. The lowest BCUT2D eigenvalue weighted by atomic mass is 10.2. The summed E-state index contributed by atoms with van der Waals surface area (Å²) in [5.74, 6) is -1.04. The first kappa shape index (κ1) is 40.8. The summed E-state index contributed by atoms with van der Waals surface area (Å²) in [5.41, 5.74) is 2.13. The third kappa shape index (κ3) is 11.6. The van der Waals surface area contributed by atoms with Crippen molar-refractivity contribution < 1.29 is 38.1 Å². The molecular formula is C34H48Cl2N2O8. The number of esters is 4. The van der Waals surface area contributed by atoms with Crippen LogP contribution in [-0.2, 0) is 51.2 Å². The van der Waals surface area contributed by atoms with Gasteiger partial charge in [-0.1, -0.05) is 60.7 Å². The van der Waals surface area contributed by atoms with E-state index in [2.05, 4.69) is 0 Å². The highest BCUT2D eigenvalue weighted by Crippen LogP contribution is 2.29. The zero-order valence-electron chi connectivity index (χ0n) is 27.1. The van der Waals surface area contributed by atoms with Crippen molar-refractivity contribution in [3.05, 3.63) is 71.8 Å². The monoisotopic (exact) mass is 682 g/mol. The van der Waals surface area contributed by atoms with Crippen LogP contribution >= 0.6 is 24.8 Å². The van der Waals surface area contributed by atoms with Gasteiger partial charge in [0.1, 0.15) is 24.2 Å². The summed E-state index contributed by atoms with van der Waals surface area (Å²) in [7, 11) is 0. The Bertz CT molecular complexity index is 1060. The van der Waals surface area contributed by atoms with Gasteiger partial charge in [-0.05, 0) is 64.5 Å². The summed E-state index contributed by atoms with van der Waals surface area (Å²) in [6.45, 7) is 9.61. The fourth-order valence-corrected chi connectivity index (χ4v) is 5.73. The van der Waals surface area contributed by atoms with E-state index in [1.807, 2.05) is 70.5 Å². The number of carbonyl (C=O) groups excluding carboxylic acids is 4. The van der Waals surface area contributed by atoms with Crippen molar-refractivity contribution >= 4 is 48.7 Å². The lowest BCUT2D eigenvalue weighted by Gasteiger charge is -2.27. The van der Waals surface area contributed by atoms with Crippen LogP contribution in [0.15, 0.2) is 60.7 Å². The third-order valence-electron chi connectivity index (χ3n) is 7.68. The smallest absolute Gasteiger partial charge is 0.323 e. The van der Waals surface area contributed by atoms with Crippen LogP contribution in [-0.4, -0.2) is 84.3 Å². The minimum Gasteiger partial charge on any atom is -0.465 e. The standard InChI is InChI=1S/2C17H23NO4.2ClH/c2*1-3-21-16(19)14-10-11-15(17(20)22-4-2)18(14)12-13-8-6-5-7-9-13;;/h2*5-9,14-15H,3-4,10-12H2,1-2H3;2*1H/t2*14-,15+;;. The Balaban J connectivity index is 0.000000441. The van der Waals surface area contributed by atoms with E-state index in [1.165, 1.54) is 0 Å². The van der Waals surface area contributed by atoms with Crippen LogP contribution in [0.4, 0.5) is 0 Å². The maximum Gasteiger partial charge on any atom is 0.323 e. The zero-order chi connectivity index (χ0) is 31.9. The molecule has 0 amide bonds. The van der Waals surface area contributed by atoms with Gasteiger partial charge in [-0.25, -0.2) is 0 Å². The average molecular weight is 684 g/mol. The number of hydrogen-bond donors (Lipinski definition) is 0. The molecule has 2 aliphatic heterocycles. The first-order chi connectivity index (χ1) is 21.3. The molecule has 0 N–H and O–H groups in total. The summed E-state index contributed by atoms with van der Waals surface area (Å²) in [4.78, 5) is 52.4. The van der Waals surface area contributed by atoms with Crippen LogP contribution in [0.25, 0.3) is 0 Å². The molecule has 10 nitrogen and oxygen atoms in total. The van der Waals surface area contributed by atoms with Crippen molar-refractivity contribution in [2.24, 2.45) is 0 Å². The van der Waals surface area contributed by atoms with E-state index >= 15 is 0 Å². The first-order valence-electron chi connectivity index (χ1n) is 15.6. The number of nitrogens with zero attached hydrogens (tertiary/aromatic N) is 2. The molecule has 2 fully saturated rings. The number of rotatable bonds is 12. The van der Waals surface area contributed by atoms with Crippen molar-refractivity contribution in [1.29, 1.82) is 0 Å². The third-order valence-corrected chi connectivity index (χ3v) is 7.68. The van der Waals surface area contributed by atoms with E-state index in [4.69, 9.17) is 18.9 Å². The van der Waals surface area contributed by atoms with Crippen LogP contribution in [0.5, 0.6) is 0 Å². The van der Waals surface area contributed by atoms with Crippen LogP contribution in [0.2, 0.25) is 0 Å². The SMILES string of the molecule is CCOC(=O)[C@H]1CC[C@@H](C(=O)OCC)N1Cc1ccccc1.CCOC(=O)[C@H]1CC[C@@H](C(=O)OCC)N1Cc1ccccc1.Cl.Cl. The van der Waals surface area contributed by atoms with E-state index in [1.54, 1.807) is 27.7 Å². The predicted octanol–water partition coefficient (Wildman–Crippen LogP) is 5.14. The Hall–Kier alpha value is -3.18. The average Bonchev–Trinajstić information content (AvgIpc) is 3.64. The summed E-state index contributed by atoms with van der Waals surface area (Å²) in [6.07, 6.45) is 2.48. The number of hydrogen-bond acceptors (Lipinski definition) is 10. The van der Waals surface area contributed by atoms with Gasteiger partial charge in [0.25, 0.3) is 0 Å². The number of benzene rings is 2. The van der Waals surface area contributed by atoms with Gasteiger partial charge < -0.3 is 18.9 Å². The van der Waals surface area contributed by atoms with Gasteiger partial charge in [0, 0.05) is 13.1 Å². The Kier molecular flexibility index (Phi) is 19.2. The second kappa shape index (κ2) is 21.6. The van der Waals surface area contributed by atoms with Gasteiger partial charge in [-0.2, -0.15) is 0 Å². The zero-order valence-corrected chi connectivity index (χ0v) is 28.8. The Labute approximate surface area is 284 Å². The number of halogens is 2. The van der Waals surface area contributed by atoms with Crippen LogP contribution in [0.1, 0.15) is 64.5 Å². The number of carbonyl (C=O) groups is 4. The maximum atomic E-state index is 12.2. The largest absolute Gasteiger partial charge is 0.465 e. The van der Waals surface area contributed by atoms with Crippen molar-refractivity contribution in [2.75, 3.05) is 26.4 Å². The molecule has 2 saturated heterocycles. The second-order valence-electron chi connectivity index (χ2n) is 10.5. The van der Waals surface area contributed by atoms with Crippen LogP contribution < -0.4 is 0 Å². The summed E-state index contributed by atoms with van der Waals surface area (Å²) in [6, 6.07) is 18.1. The molecule has 2 aromatic rings. The quantitative estimate of drug-likeness (QED) is 0.221. The molecule has 0 aliphatic carbocycles. The second-order valence-corrected chi connectivity index (χ2v) is 10.5. The Morgan fingerprint density at radius 1 is 0.500 bits per heavy atom. The Morgan fingerprint density at radius 3 is 0.957 bits per heavy atom. The molecule has 12 heteroatoms. The molecule has 2 heterocycles. The van der Waals surface area contributed by atoms with Gasteiger partial charge >= 0.3 is 23.9 Å². The minimum absolute atomic E-state index is 0. The maximum absolute atomic E-state index is 12.2. The topological polar surface area (TPSA) is 112 Å². The molecule has 0 unspecified atom stereocenters. The van der Waals surface area contributed by atoms with Crippen LogP contribution in [0, 0.1) is 0 Å². The summed E-state index contributed by atoms with van der Waals surface area (Å²) < 4.78 is 20.6. The van der Waals surface area contributed by atoms with Gasteiger partial charge in [0.15, 0.2) is 0 Å². The van der Waals surface area contributed by atoms with Gasteiger partial charge in [0.05, 0.1) is 26.4 Å². The summed E-state index contributed by atoms with van der Waals surface area (Å²) >= 11 is 0. The fourth-order valence-electron chi connectivity index (χ4n) is 5.73. The minimum atomic E-state index is -0.380. The molecule has 256 valence electrons. The molecule has 46 heavy (non-hydrogen) atoms. The lowest BCUT2D eigenvalue weighted by Crippen LogP contribution is -2.44. The van der Waals surface area contributed by atoms with E-state index < -0.39 is 0 Å². The molecule has 4 atom stereocenters. The number of likely N-dealkylation sites (tertiary alicyclic amines) is 2. The van der Waals surface area contributed by atoms with Crippen molar-refractivity contribution in [2.45, 2.75) is 90.6 Å². The van der Waals surface area contributed by atoms with Gasteiger partial charge in [-0.3, -0.25) is 29.0 Å². The molecule has 2 aliphatic rings. The molecule has 0 radical (unpaired) electrons. The lowest BCUT2D eigenvalue weighted by molar-refractivity contribution is -0.155. The summed E-state index contributed by atoms with van der Waals surface area (Å²) in [5, 5.41) is 0. The highest BCUT2D eigenvalue weighted by atomic mass is 35.5. The number of ether oxygens (including phenoxy) is 4. The molecule has 2 aromatic carbocycles. The molecular weight excluding hydrogens is 635 g/mol. The van der Waals surface area contributed by atoms with E-state index in [-0.39, 0.29) is 72.9 Å². The molecule has 0 aromatic heterocycles. The highest BCUT2D eigenvalue weighted by molar-refractivity contribution is 5.85. The molecule has 0 bridgehead atoms. The van der Waals surface area contributed by atoms with Crippen molar-refractivity contribution in [1.82, 2.24) is 9.80 Å². The predicted molar refractivity (Wildman–Crippen MR) is 179 cm³/mol. The van der Waals surface area contributed by atoms with E-state index in [0.717, 1.165) is 11.1 Å². The normalized spacial score (nSPS) is 20.6. The van der Waals surface area contributed by atoms with Crippen molar-refractivity contribution in [3.8, 4) is 0 Å². The van der Waals surface area contributed by atoms with Gasteiger partial charge in [-0.15, -0.1) is 24.8 Å². The van der Waals surface area contributed by atoms with Crippen LogP contribution in [0.3, 0.4) is 0 Å². The van der Waals surface area contributed by atoms with E-state index in [0.29, 0.717) is 65.2 Å². The Morgan fingerprint density at radius 2 is 0.739 bits per heavy atom. The van der Waals surface area contributed by atoms with E-state index in [9.17, 15) is 19.2 Å². The van der Waals surface area contributed by atoms with Crippen molar-refractivity contribution in [3.63, 3.8) is 0 Å². The molecule has 0 spiro atoms. The highest BCUT2D eigenvalue weighted by Gasteiger charge is 2.44. The van der Waals surface area contributed by atoms with Gasteiger partial charge in [0.2, 0.25) is 0 Å². The molecule has 4 rings (SSSR count).